The molecule has 4 aromatic rings. The van der Waals surface area contributed by atoms with Gasteiger partial charge in [0, 0.05) is 22.2 Å². The summed E-state index contributed by atoms with van der Waals surface area (Å²) in [5.41, 5.74) is 0.532. The molecule has 0 unspecified atom stereocenters. The molecule has 10 heteroatoms. The van der Waals surface area contributed by atoms with E-state index in [0.29, 0.717) is 5.89 Å². The number of aromatic nitrogens is 4. The van der Waals surface area contributed by atoms with Crippen LogP contribution >= 0.6 is 15.9 Å². The first-order valence-corrected chi connectivity index (χ1v) is 8.52. The van der Waals surface area contributed by atoms with E-state index in [2.05, 4.69) is 31.1 Å². The van der Waals surface area contributed by atoms with Crippen LogP contribution in [0.3, 0.4) is 0 Å². The number of hydrogen-bond donors (Lipinski definition) is 0. The maximum atomic E-state index is 12.6. The molecule has 0 aliphatic rings. The topological polar surface area (TPSA) is 117 Å². The molecule has 0 radical (unpaired) electrons. The summed E-state index contributed by atoms with van der Waals surface area (Å²) in [6.45, 7) is 0.0414. The number of nitro benzene ring substituents is 1. The lowest BCUT2D eigenvalue weighted by molar-refractivity contribution is -0.384. The number of benzene rings is 2. The Balaban J connectivity index is 1.66. The average Bonchev–Trinajstić information content (AvgIpc) is 3.12. The van der Waals surface area contributed by atoms with Crippen LogP contribution in [0.25, 0.3) is 22.4 Å². The zero-order valence-electron chi connectivity index (χ0n) is 13.6. The number of halogens is 1. The summed E-state index contributed by atoms with van der Waals surface area (Å²) in [6.07, 6.45) is 1.30. The fourth-order valence-corrected chi connectivity index (χ4v) is 2.97. The van der Waals surface area contributed by atoms with E-state index in [1.807, 2.05) is 24.3 Å². The Kier molecular flexibility index (Phi) is 4.24. The van der Waals surface area contributed by atoms with Gasteiger partial charge < -0.3 is 4.42 Å². The maximum Gasteiger partial charge on any atom is 0.271 e. The second-order valence-electron chi connectivity index (χ2n) is 5.65. The van der Waals surface area contributed by atoms with E-state index in [0.717, 1.165) is 10.0 Å². The summed E-state index contributed by atoms with van der Waals surface area (Å²) in [5.74, 6) is 0.582. The minimum Gasteiger partial charge on any atom is -0.419 e. The van der Waals surface area contributed by atoms with Crippen LogP contribution in [0.1, 0.15) is 5.89 Å². The second-order valence-corrected chi connectivity index (χ2v) is 6.56. The van der Waals surface area contributed by atoms with E-state index in [1.54, 1.807) is 0 Å². The third-order valence-corrected chi connectivity index (χ3v) is 4.36. The summed E-state index contributed by atoms with van der Waals surface area (Å²) in [7, 11) is 0. The SMILES string of the molecule is O=c1c2ccc([N+](=O)[O-])cc2ncn1Cc1nnc(-c2cccc(Br)c2)o1. The van der Waals surface area contributed by atoms with Gasteiger partial charge in [0.2, 0.25) is 11.8 Å². The Morgan fingerprint density at radius 1 is 1.19 bits per heavy atom. The van der Waals surface area contributed by atoms with Gasteiger partial charge >= 0.3 is 0 Å². The first kappa shape index (κ1) is 17.0. The van der Waals surface area contributed by atoms with Crippen LogP contribution in [-0.2, 0) is 6.54 Å². The van der Waals surface area contributed by atoms with Gasteiger partial charge in [-0.2, -0.15) is 0 Å². The summed E-state index contributed by atoms with van der Waals surface area (Å²) in [6, 6.07) is 11.3. The predicted molar refractivity (Wildman–Crippen MR) is 99.2 cm³/mol. The van der Waals surface area contributed by atoms with Crippen LogP contribution in [0, 0.1) is 10.1 Å². The van der Waals surface area contributed by atoms with E-state index >= 15 is 0 Å². The van der Waals surface area contributed by atoms with E-state index in [-0.39, 0.29) is 34.6 Å². The number of hydrogen-bond acceptors (Lipinski definition) is 7. The Morgan fingerprint density at radius 3 is 2.81 bits per heavy atom. The third kappa shape index (κ3) is 3.34. The van der Waals surface area contributed by atoms with Crippen LogP contribution in [-0.4, -0.2) is 24.7 Å². The van der Waals surface area contributed by atoms with Crippen LogP contribution in [0.2, 0.25) is 0 Å². The van der Waals surface area contributed by atoms with E-state index in [4.69, 9.17) is 4.42 Å². The average molecular weight is 428 g/mol. The molecular formula is C17H10BrN5O4. The summed E-state index contributed by atoms with van der Waals surface area (Å²) in [4.78, 5) is 27.0. The van der Waals surface area contributed by atoms with E-state index < -0.39 is 4.92 Å². The van der Waals surface area contributed by atoms with Gasteiger partial charge in [-0.3, -0.25) is 19.5 Å². The molecule has 2 aromatic heterocycles. The molecule has 4 rings (SSSR count). The van der Waals surface area contributed by atoms with Gasteiger partial charge in [0.25, 0.3) is 11.2 Å². The van der Waals surface area contributed by atoms with Crippen molar-refractivity contribution in [2.75, 3.05) is 0 Å². The molecule has 2 heterocycles. The fraction of sp³-hybridized carbons (Fsp3) is 0.0588. The lowest BCUT2D eigenvalue weighted by Gasteiger charge is -2.03. The molecule has 0 saturated heterocycles. The van der Waals surface area contributed by atoms with Crippen molar-refractivity contribution in [3.63, 3.8) is 0 Å². The zero-order chi connectivity index (χ0) is 19.0. The molecule has 134 valence electrons. The number of rotatable bonds is 4. The van der Waals surface area contributed by atoms with Crippen LogP contribution < -0.4 is 5.56 Å². The van der Waals surface area contributed by atoms with E-state index in [9.17, 15) is 14.9 Å². The first-order valence-electron chi connectivity index (χ1n) is 7.73. The van der Waals surface area contributed by atoms with Crippen molar-refractivity contribution >= 4 is 32.5 Å². The fourth-order valence-electron chi connectivity index (χ4n) is 2.57. The molecule has 27 heavy (non-hydrogen) atoms. The molecule has 0 fully saturated rings. The summed E-state index contributed by atoms with van der Waals surface area (Å²) >= 11 is 3.38. The Morgan fingerprint density at radius 2 is 2.04 bits per heavy atom. The molecule has 2 aromatic carbocycles. The number of fused-ring (bicyclic) bond motifs is 1. The summed E-state index contributed by atoms with van der Waals surface area (Å²) < 4.78 is 7.82. The third-order valence-electron chi connectivity index (χ3n) is 3.86. The van der Waals surface area contributed by atoms with Gasteiger partial charge in [0.15, 0.2) is 0 Å². The maximum absolute atomic E-state index is 12.6. The van der Waals surface area contributed by atoms with Crippen LogP contribution in [0.4, 0.5) is 5.69 Å². The highest BCUT2D eigenvalue weighted by Crippen LogP contribution is 2.22. The van der Waals surface area contributed by atoms with Crippen molar-refractivity contribution in [1.82, 2.24) is 19.7 Å². The van der Waals surface area contributed by atoms with Gasteiger partial charge in [0.05, 0.1) is 22.2 Å². The van der Waals surface area contributed by atoms with Gasteiger partial charge in [-0.1, -0.05) is 22.0 Å². The molecule has 0 amide bonds. The highest BCUT2D eigenvalue weighted by molar-refractivity contribution is 9.10. The highest BCUT2D eigenvalue weighted by Gasteiger charge is 2.13. The van der Waals surface area contributed by atoms with Crippen molar-refractivity contribution in [3.8, 4) is 11.5 Å². The molecule has 0 bridgehead atoms. The van der Waals surface area contributed by atoms with Crippen molar-refractivity contribution in [3.05, 3.63) is 79.6 Å². The normalized spacial score (nSPS) is 11.0. The predicted octanol–water partition coefficient (Wildman–Crippen LogP) is 3.17. The molecular weight excluding hydrogens is 418 g/mol. The zero-order valence-corrected chi connectivity index (χ0v) is 15.2. The minimum absolute atomic E-state index is 0.0414. The lowest BCUT2D eigenvalue weighted by atomic mass is 10.2. The molecule has 0 spiro atoms. The molecule has 0 aliphatic heterocycles. The minimum atomic E-state index is -0.533. The number of nitro groups is 1. The van der Waals surface area contributed by atoms with Crippen molar-refractivity contribution in [2.45, 2.75) is 6.54 Å². The monoisotopic (exact) mass is 427 g/mol. The lowest BCUT2D eigenvalue weighted by Crippen LogP contribution is -2.21. The van der Waals surface area contributed by atoms with E-state index in [1.165, 1.54) is 29.1 Å². The quantitative estimate of drug-likeness (QED) is 0.362. The highest BCUT2D eigenvalue weighted by atomic mass is 79.9. The van der Waals surface area contributed by atoms with Gasteiger partial charge in [-0.15, -0.1) is 10.2 Å². The molecule has 9 nitrogen and oxygen atoms in total. The van der Waals surface area contributed by atoms with Crippen LogP contribution in [0.5, 0.6) is 0 Å². The van der Waals surface area contributed by atoms with Crippen molar-refractivity contribution in [2.24, 2.45) is 0 Å². The summed E-state index contributed by atoms with van der Waals surface area (Å²) in [5, 5.41) is 19.1. The molecule has 0 atom stereocenters. The molecule has 0 aliphatic carbocycles. The Labute approximate surface area is 159 Å². The van der Waals surface area contributed by atoms with Crippen LogP contribution in [0.15, 0.2) is 62.5 Å². The standard InChI is InChI=1S/C17H10BrN5O4/c18-11-3-1-2-10(6-11)16-21-20-15(27-16)8-22-9-19-14-7-12(23(25)26)4-5-13(14)17(22)24/h1-7,9H,8H2. The smallest absolute Gasteiger partial charge is 0.271 e. The molecule has 0 N–H and O–H groups in total. The van der Waals surface area contributed by atoms with Gasteiger partial charge in [-0.05, 0) is 24.3 Å². The Bertz CT molecular complexity index is 1230. The Hall–Kier alpha value is -3.40. The van der Waals surface area contributed by atoms with Gasteiger partial charge in [-0.25, -0.2) is 4.98 Å². The first-order chi connectivity index (χ1) is 13.0. The van der Waals surface area contributed by atoms with Crippen molar-refractivity contribution in [1.29, 1.82) is 0 Å². The number of non-ortho nitro benzene ring substituents is 1. The number of nitrogens with zero attached hydrogens (tertiary/aromatic N) is 5. The molecule has 0 saturated carbocycles. The largest absolute Gasteiger partial charge is 0.419 e. The van der Waals surface area contributed by atoms with Crippen molar-refractivity contribution < 1.29 is 9.34 Å². The van der Waals surface area contributed by atoms with Gasteiger partial charge in [0.1, 0.15) is 6.54 Å². The second kappa shape index (κ2) is 6.72.